The van der Waals surface area contributed by atoms with Crippen LogP contribution in [0.15, 0.2) is 48.5 Å². The molecule has 0 radical (unpaired) electrons. The van der Waals surface area contributed by atoms with Gasteiger partial charge in [-0.3, -0.25) is 10.1 Å². The molecule has 0 aliphatic heterocycles. The third-order valence-electron chi connectivity index (χ3n) is 3.72. The van der Waals surface area contributed by atoms with E-state index in [1.807, 2.05) is 34.9 Å². The van der Waals surface area contributed by atoms with Crippen molar-refractivity contribution in [1.29, 1.82) is 5.26 Å². The molecule has 6 heteroatoms. The fraction of sp³-hybridized carbons (Fsp3) is 0.211. The average Bonchev–Trinajstić information content (AvgIpc) is 2.98. The number of fused-ring (bicyclic) bond motifs is 1. The molecule has 0 atom stereocenters. The van der Waals surface area contributed by atoms with E-state index < -0.39 is 0 Å². The van der Waals surface area contributed by atoms with Crippen LogP contribution in [0.3, 0.4) is 0 Å². The summed E-state index contributed by atoms with van der Waals surface area (Å²) in [5.41, 5.74) is 2.21. The smallest absolute Gasteiger partial charge is 0.264 e. The lowest BCUT2D eigenvalue weighted by molar-refractivity contribution is -0.118. The van der Waals surface area contributed by atoms with E-state index in [1.165, 1.54) is 0 Å². The normalized spacial score (nSPS) is 10.4. The van der Waals surface area contributed by atoms with Crippen LogP contribution >= 0.6 is 0 Å². The minimum absolute atomic E-state index is 0.186. The molecule has 25 heavy (non-hydrogen) atoms. The van der Waals surface area contributed by atoms with Crippen LogP contribution < -0.4 is 10.1 Å². The van der Waals surface area contributed by atoms with Gasteiger partial charge in [-0.2, -0.15) is 5.26 Å². The number of para-hydroxylation sites is 3. The number of anilines is 1. The van der Waals surface area contributed by atoms with Gasteiger partial charge in [0.15, 0.2) is 6.61 Å². The zero-order chi connectivity index (χ0) is 17.6. The summed E-state index contributed by atoms with van der Waals surface area (Å²) in [7, 11) is 0. The number of nitrogens with zero attached hydrogens (tertiary/aromatic N) is 3. The standard InChI is InChI=1S/C19H18N4O2/c1-2-11-23-16-9-5-4-8-15(16)21-19(23)22-18(24)13-25-17-10-6-3-7-14(17)12-20/h3-10H,2,11,13H2,1H3,(H,21,22,24). The molecule has 0 fully saturated rings. The number of nitrogens with one attached hydrogen (secondary N) is 1. The van der Waals surface area contributed by atoms with Gasteiger partial charge in [-0.15, -0.1) is 0 Å². The summed E-state index contributed by atoms with van der Waals surface area (Å²) in [5.74, 6) is 0.577. The maximum Gasteiger partial charge on any atom is 0.264 e. The molecule has 126 valence electrons. The number of rotatable bonds is 6. The van der Waals surface area contributed by atoms with Gasteiger partial charge in [-0.1, -0.05) is 31.2 Å². The molecule has 0 saturated heterocycles. The minimum Gasteiger partial charge on any atom is -0.482 e. The SMILES string of the molecule is CCCn1c(NC(=O)COc2ccccc2C#N)nc2ccccc21. The predicted molar refractivity (Wildman–Crippen MR) is 95.3 cm³/mol. The largest absolute Gasteiger partial charge is 0.482 e. The maximum absolute atomic E-state index is 12.2. The van der Waals surface area contributed by atoms with Gasteiger partial charge in [-0.05, 0) is 30.7 Å². The maximum atomic E-state index is 12.2. The van der Waals surface area contributed by atoms with E-state index in [2.05, 4.69) is 17.2 Å². The molecule has 2 aromatic carbocycles. The first-order valence-corrected chi connectivity index (χ1v) is 8.10. The summed E-state index contributed by atoms with van der Waals surface area (Å²) < 4.78 is 7.45. The molecule has 0 aliphatic carbocycles. The number of nitriles is 1. The van der Waals surface area contributed by atoms with Crippen LogP contribution in [-0.2, 0) is 11.3 Å². The van der Waals surface area contributed by atoms with Crippen molar-refractivity contribution in [3.05, 3.63) is 54.1 Å². The minimum atomic E-state index is -0.319. The Morgan fingerprint density at radius 2 is 2.00 bits per heavy atom. The van der Waals surface area contributed by atoms with Gasteiger partial charge in [0.2, 0.25) is 5.95 Å². The van der Waals surface area contributed by atoms with Crippen LogP contribution in [0.25, 0.3) is 11.0 Å². The number of hydrogen-bond acceptors (Lipinski definition) is 4. The third kappa shape index (κ3) is 3.61. The monoisotopic (exact) mass is 334 g/mol. The molecule has 1 aromatic heterocycles. The Hall–Kier alpha value is -3.33. The van der Waals surface area contributed by atoms with E-state index in [0.29, 0.717) is 17.3 Å². The molecule has 0 spiro atoms. The zero-order valence-corrected chi connectivity index (χ0v) is 13.9. The lowest BCUT2D eigenvalue weighted by atomic mass is 10.2. The highest BCUT2D eigenvalue weighted by Crippen LogP contribution is 2.20. The van der Waals surface area contributed by atoms with Crippen molar-refractivity contribution >= 4 is 22.9 Å². The molecule has 1 heterocycles. The highest BCUT2D eigenvalue weighted by molar-refractivity contribution is 5.92. The Morgan fingerprint density at radius 1 is 1.24 bits per heavy atom. The Balaban J connectivity index is 1.74. The first-order chi connectivity index (χ1) is 12.2. The second-order valence-electron chi connectivity index (χ2n) is 5.52. The van der Waals surface area contributed by atoms with Gasteiger partial charge in [0.25, 0.3) is 5.91 Å². The van der Waals surface area contributed by atoms with Crippen molar-refractivity contribution in [2.45, 2.75) is 19.9 Å². The lowest BCUT2D eigenvalue weighted by Crippen LogP contribution is -2.22. The summed E-state index contributed by atoms with van der Waals surface area (Å²) in [5, 5.41) is 11.8. The molecule has 0 unspecified atom stereocenters. The van der Waals surface area contributed by atoms with Crippen molar-refractivity contribution in [1.82, 2.24) is 9.55 Å². The number of imidazole rings is 1. The first-order valence-electron chi connectivity index (χ1n) is 8.10. The number of aryl methyl sites for hydroxylation is 1. The predicted octanol–water partition coefficient (Wildman–Crippen LogP) is 3.34. The van der Waals surface area contributed by atoms with Crippen LogP contribution in [0, 0.1) is 11.3 Å². The van der Waals surface area contributed by atoms with Crippen LogP contribution in [0.1, 0.15) is 18.9 Å². The summed E-state index contributed by atoms with van der Waals surface area (Å²) in [6, 6.07) is 16.6. The number of hydrogen-bond donors (Lipinski definition) is 1. The van der Waals surface area contributed by atoms with E-state index in [9.17, 15) is 4.79 Å². The number of aromatic nitrogens is 2. The topological polar surface area (TPSA) is 79.9 Å². The summed E-state index contributed by atoms with van der Waals surface area (Å²) in [4.78, 5) is 16.7. The van der Waals surface area contributed by atoms with Crippen molar-refractivity contribution in [3.63, 3.8) is 0 Å². The van der Waals surface area contributed by atoms with Crippen molar-refractivity contribution in [2.24, 2.45) is 0 Å². The molecular weight excluding hydrogens is 316 g/mol. The number of benzene rings is 2. The average molecular weight is 334 g/mol. The van der Waals surface area contributed by atoms with Crippen molar-refractivity contribution in [3.8, 4) is 11.8 Å². The Labute approximate surface area is 145 Å². The fourth-order valence-corrected chi connectivity index (χ4v) is 2.61. The van der Waals surface area contributed by atoms with Crippen LogP contribution in [0.2, 0.25) is 0 Å². The molecule has 0 aliphatic rings. The molecule has 0 bridgehead atoms. The number of carbonyl (C=O) groups is 1. The molecule has 1 N–H and O–H groups in total. The quantitative estimate of drug-likeness (QED) is 0.750. The number of carbonyl (C=O) groups excluding carboxylic acids is 1. The highest BCUT2D eigenvalue weighted by Gasteiger charge is 2.13. The first kappa shape index (κ1) is 16.5. The van der Waals surface area contributed by atoms with Gasteiger partial charge in [-0.25, -0.2) is 4.98 Å². The Kier molecular flexibility index (Phi) is 4.95. The van der Waals surface area contributed by atoms with E-state index in [0.717, 1.165) is 24.0 Å². The summed E-state index contributed by atoms with van der Waals surface area (Å²) in [6.45, 7) is 2.64. The lowest BCUT2D eigenvalue weighted by Gasteiger charge is -2.10. The van der Waals surface area contributed by atoms with Gasteiger partial charge >= 0.3 is 0 Å². The summed E-state index contributed by atoms with van der Waals surface area (Å²) >= 11 is 0. The second kappa shape index (κ2) is 7.49. The van der Waals surface area contributed by atoms with Crippen molar-refractivity contribution in [2.75, 3.05) is 11.9 Å². The van der Waals surface area contributed by atoms with Crippen LogP contribution in [0.5, 0.6) is 5.75 Å². The fourth-order valence-electron chi connectivity index (χ4n) is 2.61. The molecule has 3 rings (SSSR count). The van der Waals surface area contributed by atoms with Gasteiger partial charge in [0.1, 0.15) is 11.8 Å². The molecule has 1 amide bonds. The van der Waals surface area contributed by atoms with Crippen LogP contribution in [0.4, 0.5) is 5.95 Å². The van der Waals surface area contributed by atoms with Crippen LogP contribution in [-0.4, -0.2) is 22.1 Å². The zero-order valence-electron chi connectivity index (χ0n) is 13.9. The highest BCUT2D eigenvalue weighted by atomic mass is 16.5. The van der Waals surface area contributed by atoms with E-state index in [4.69, 9.17) is 10.00 Å². The Morgan fingerprint density at radius 3 is 2.80 bits per heavy atom. The van der Waals surface area contributed by atoms with E-state index in [-0.39, 0.29) is 12.5 Å². The molecular formula is C19H18N4O2. The van der Waals surface area contributed by atoms with Gasteiger partial charge in [0.05, 0.1) is 16.6 Å². The third-order valence-corrected chi connectivity index (χ3v) is 3.72. The molecule has 0 saturated carbocycles. The second-order valence-corrected chi connectivity index (χ2v) is 5.52. The van der Waals surface area contributed by atoms with Gasteiger partial charge in [0, 0.05) is 6.54 Å². The Bertz CT molecular complexity index is 940. The molecule has 6 nitrogen and oxygen atoms in total. The number of amides is 1. The van der Waals surface area contributed by atoms with E-state index >= 15 is 0 Å². The molecule has 3 aromatic rings. The number of ether oxygens (including phenoxy) is 1. The van der Waals surface area contributed by atoms with E-state index in [1.54, 1.807) is 24.3 Å². The summed E-state index contributed by atoms with van der Waals surface area (Å²) in [6.07, 6.45) is 0.926. The van der Waals surface area contributed by atoms with Gasteiger partial charge < -0.3 is 9.30 Å². The van der Waals surface area contributed by atoms with Crippen molar-refractivity contribution < 1.29 is 9.53 Å².